The van der Waals surface area contributed by atoms with E-state index in [0.717, 1.165) is 34.1 Å². The predicted molar refractivity (Wildman–Crippen MR) is 93.8 cm³/mol. The van der Waals surface area contributed by atoms with E-state index in [-0.39, 0.29) is 0 Å². The molecule has 6 heteroatoms. The summed E-state index contributed by atoms with van der Waals surface area (Å²) in [5.41, 5.74) is 3.11. The zero-order valence-electron chi connectivity index (χ0n) is 13.1. The number of methoxy groups -OCH3 is 1. The third-order valence-electron chi connectivity index (χ3n) is 2.65. The van der Waals surface area contributed by atoms with Gasteiger partial charge in [-0.25, -0.2) is 4.98 Å². The monoisotopic (exact) mass is 374 g/mol. The van der Waals surface area contributed by atoms with E-state index in [1.54, 1.807) is 18.9 Å². The SMILES string of the molecule is CCCOCn1cnc2c(COC)cc(Br)cc21.CSC. The summed E-state index contributed by atoms with van der Waals surface area (Å²) < 4.78 is 13.8. The number of ether oxygens (including phenoxy) is 2. The van der Waals surface area contributed by atoms with Crippen LogP contribution in [0.1, 0.15) is 18.9 Å². The highest BCUT2D eigenvalue weighted by atomic mass is 79.9. The molecule has 0 N–H and O–H groups in total. The minimum absolute atomic E-state index is 0.535. The van der Waals surface area contributed by atoms with Crippen LogP contribution < -0.4 is 0 Å². The number of aromatic nitrogens is 2. The van der Waals surface area contributed by atoms with Crippen molar-refractivity contribution in [2.45, 2.75) is 26.7 Å². The number of fused-ring (bicyclic) bond motifs is 1. The van der Waals surface area contributed by atoms with Gasteiger partial charge in [0.2, 0.25) is 0 Å². The second-order valence-corrected chi connectivity index (χ2v) is 6.26. The molecule has 21 heavy (non-hydrogen) atoms. The van der Waals surface area contributed by atoms with E-state index in [1.165, 1.54) is 0 Å². The molecule has 0 radical (unpaired) electrons. The third-order valence-corrected chi connectivity index (χ3v) is 3.11. The molecule has 1 heterocycles. The van der Waals surface area contributed by atoms with Crippen molar-refractivity contribution in [3.05, 3.63) is 28.5 Å². The van der Waals surface area contributed by atoms with Crippen molar-refractivity contribution in [1.29, 1.82) is 0 Å². The summed E-state index contributed by atoms with van der Waals surface area (Å²) in [5, 5.41) is 0. The van der Waals surface area contributed by atoms with E-state index in [4.69, 9.17) is 9.47 Å². The van der Waals surface area contributed by atoms with Crippen LogP contribution in [0.15, 0.2) is 22.9 Å². The topological polar surface area (TPSA) is 36.3 Å². The van der Waals surface area contributed by atoms with E-state index < -0.39 is 0 Å². The number of nitrogens with zero attached hydrogens (tertiary/aromatic N) is 2. The number of imidazole rings is 1. The van der Waals surface area contributed by atoms with Crippen molar-refractivity contribution >= 4 is 38.7 Å². The number of hydrogen-bond acceptors (Lipinski definition) is 4. The van der Waals surface area contributed by atoms with Crippen molar-refractivity contribution in [2.75, 3.05) is 26.2 Å². The Balaban J connectivity index is 0.000000677. The molecule has 0 spiro atoms. The molecule has 0 aliphatic carbocycles. The average Bonchev–Trinajstić information content (AvgIpc) is 2.84. The molecule has 0 atom stereocenters. The number of thioether (sulfide) groups is 1. The Morgan fingerprint density at radius 3 is 2.67 bits per heavy atom. The van der Waals surface area contributed by atoms with Gasteiger partial charge in [0.25, 0.3) is 0 Å². The molecule has 0 aliphatic rings. The quantitative estimate of drug-likeness (QED) is 0.705. The van der Waals surface area contributed by atoms with Crippen LogP contribution in [-0.2, 0) is 22.8 Å². The van der Waals surface area contributed by atoms with Crippen LogP contribution in [-0.4, -0.2) is 35.8 Å². The smallest absolute Gasteiger partial charge is 0.124 e. The maximum Gasteiger partial charge on any atom is 0.124 e. The lowest BCUT2D eigenvalue weighted by atomic mass is 10.2. The molecule has 0 saturated heterocycles. The molecule has 1 aromatic heterocycles. The molecule has 0 fully saturated rings. The van der Waals surface area contributed by atoms with E-state index >= 15 is 0 Å². The summed E-state index contributed by atoms with van der Waals surface area (Å²) in [7, 11) is 1.69. The second-order valence-electron chi connectivity index (χ2n) is 4.53. The Hall–Kier alpha value is -0.560. The van der Waals surface area contributed by atoms with Crippen LogP contribution in [0.3, 0.4) is 0 Å². The summed E-state index contributed by atoms with van der Waals surface area (Å²) in [6.07, 6.45) is 6.91. The molecule has 2 aromatic rings. The molecule has 0 aliphatic heterocycles. The highest BCUT2D eigenvalue weighted by Crippen LogP contribution is 2.24. The third kappa shape index (κ3) is 5.62. The lowest BCUT2D eigenvalue weighted by Gasteiger charge is -2.07. The van der Waals surface area contributed by atoms with Gasteiger partial charge in [-0.05, 0) is 31.1 Å². The number of halogens is 1. The molecule has 4 nitrogen and oxygen atoms in total. The van der Waals surface area contributed by atoms with Gasteiger partial charge in [0.15, 0.2) is 0 Å². The zero-order valence-corrected chi connectivity index (χ0v) is 15.5. The molecule has 1 aromatic carbocycles. The minimum atomic E-state index is 0.535. The lowest BCUT2D eigenvalue weighted by Crippen LogP contribution is -2.02. The first kappa shape index (κ1) is 18.5. The average molecular weight is 375 g/mol. The standard InChI is InChI=1S/C13H17BrN2O2.C2H6S/c1-3-4-18-9-16-8-15-13-10(7-17-2)5-11(14)6-12(13)16;1-3-2/h5-6,8H,3-4,7,9H2,1-2H3;1-2H3. The molecular formula is C15H23BrN2O2S. The van der Waals surface area contributed by atoms with Gasteiger partial charge >= 0.3 is 0 Å². The largest absolute Gasteiger partial charge is 0.380 e. The lowest BCUT2D eigenvalue weighted by molar-refractivity contribution is 0.0800. The van der Waals surface area contributed by atoms with Crippen molar-refractivity contribution in [2.24, 2.45) is 0 Å². The number of rotatable bonds is 6. The van der Waals surface area contributed by atoms with E-state index in [2.05, 4.69) is 33.9 Å². The highest BCUT2D eigenvalue weighted by Gasteiger charge is 2.09. The maximum absolute atomic E-state index is 5.55. The summed E-state index contributed by atoms with van der Waals surface area (Å²) in [5.74, 6) is 0. The molecule has 118 valence electrons. The predicted octanol–water partition coefficient (Wildman–Crippen LogP) is 4.31. The van der Waals surface area contributed by atoms with Gasteiger partial charge in [0.05, 0.1) is 24.0 Å². The normalized spacial score (nSPS) is 10.5. The van der Waals surface area contributed by atoms with Crippen molar-refractivity contribution in [3.8, 4) is 0 Å². The van der Waals surface area contributed by atoms with Crippen LogP contribution >= 0.6 is 27.7 Å². The summed E-state index contributed by atoms with van der Waals surface area (Å²) in [6.45, 7) is 3.95. The molecule has 0 amide bonds. The van der Waals surface area contributed by atoms with Crippen molar-refractivity contribution < 1.29 is 9.47 Å². The second kappa shape index (κ2) is 10.2. The van der Waals surface area contributed by atoms with Gasteiger partial charge in [-0.15, -0.1) is 0 Å². The first-order chi connectivity index (χ1) is 10.2. The summed E-state index contributed by atoms with van der Waals surface area (Å²) in [6, 6.07) is 4.09. The molecule has 0 bridgehead atoms. The first-order valence-electron chi connectivity index (χ1n) is 6.77. The number of benzene rings is 1. The Labute approximate surface area is 139 Å². The Morgan fingerprint density at radius 1 is 1.33 bits per heavy atom. The van der Waals surface area contributed by atoms with Crippen LogP contribution in [0, 0.1) is 0 Å². The van der Waals surface area contributed by atoms with Gasteiger partial charge in [-0.2, -0.15) is 11.8 Å². The van der Waals surface area contributed by atoms with Gasteiger partial charge in [-0.1, -0.05) is 22.9 Å². The fraction of sp³-hybridized carbons (Fsp3) is 0.533. The Bertz CT molecular complexity index is 546. The van der Waals surface area contributed by atoms with E-state index in [9.17, 15) is 0 Å². The van der Waals surface area contributed by atoms with Gasteiger partial charge in [0.1, 0.15) is 6.73 Å². The van der Waals surface area contributed by atoms with Gasteiger partial charge in [0, 0.05) is 23.8 Å². The maximum atomic E-state index is 5.55. The Morgan fingerprint density at radius 2 is 2.05 bits per heavy atom. The highest BCUT2D eigenvalue weighted by molar-refractivity contribution is 9.10. The van der Waals surface area contributed by atoms with Crippen LogP contribution in [0.4, 0.5) is 0 Å². The van der Waals surface area contributed by atoms with Gasteiger partial charge in [-0.3, -0.25) is 0 Å². The molecule has 2 rings (SSSR count). The van der Waals surface area contributed by atoms with Crippen LogP contribution in [0.5, 0.6) is 0 Å². The molecular weight excluding hydrogens is 352 g/mol. The van der Waals surface area contributed by atoms with Crippen LogP contribution in [0.2, 0.25) is 0 Å². The first-order valence-corrected chi connectivity index (χ1v) is 9.20. The minimum Gasteiger partial charge on any atom is -0.380 e. The van der Waals surface area contributed by atoms with Crippen molar-refractivity contribution in [3.63, 3.8) is 0 Å². The van der Waals surface area contributed by atoms with E-state index in [1.807, 2.05) is 29.5 Å². The van der Waals surface area contributed by atoms with Gasteiger partial charge < -0.3 is 14.0 Å². The molecule has 0 unspecified atom stereocenters. The summed E-state index contributed by atoms with van der Waals surface area (Å²) in [4.78, 5) is 4.44. The number of hydrogen-bond donors (Lipinski definition) is 0. The fourth-order valence-electron chi connectivity index (χ4n) is 1.87. The fourth-order valence-corrected chi connectivity index (χ4v) is 2.37. The van der Waals surface area contributed by atoms with Crippen molar-refractivity contribution in [1.82, 2.24) is 9.55 Å². The van der Waals surface area contributed by atoms with Crippen LogP contribution in [0.25, 0.3) is 11.0 Å². The molecule has 0 saturated carbocycles. The summed E-state index contributed by atoms with van der Waals surface area (Å²) >= 11 is 5.27. The zero-order chi connectivity index (χ0) is 15.7. The van der Waals surface area contributed by atoms with E-state index in [0.29, 0.717) is 13.3 Å². The Kier molecular flexibility index (Phi) is 8.99.